The van der Waals surface area contributed by atoms with E-state index >= 15 is 0 Å². The molecule has 2 heterocycles. The highest BCUT2D eigenvalue weighted by Gasteiger charge is 2.33. The van der Waals surface area contributed by atoms with Gasteiger partial charge in [0.15, 0.2) is 0 Å². The van der Waals surface area contributed by atoms with Crippen LogP contribution in [-0.2, 0) is 19.6 Å². The summed E-state index contributed by atoms with van der Waals surface area (Å²) in [5, 5.41) is 9.03. The standard InChI is InChI=1S/C13H22N2O5S/c16-12(15-9-3-5-11(15)13(17)18)6-4-10-21(19,20)14-7-1-2-8-14/h11H,1-10H2,(H,17,18)/t11-/m1/s1. The van der Waals surface area contributed by atoms with Gasteiger partial charge in [-0.2, -0.15) is 0 Å². The second kappa shape index (κ2) is 6.74. The highest BCUT2D eigenvalue weighted by Crippen LogP contribution is 2.19. The van der Waals surface area contributed by atoms with E-state index in [1.54, 1.807) is 0 Å². The van der Waals surface area contributed by atoms with Crippen molar-refractivity contribution >= 4 is 21.9 Å². The van der Waals surface area contributed by atoms with Crippen molar-refractivity contribution in [3.8, 4) is 0 Å². The molecule has 0 bridgehead atoms. The molecule has 0 aromatic rings. The van der Waals surface area contributed by atoms with Gasteiger partial charge in [0.05, 0.1) is 5.75 Å². The van der Waals surface area contributed by atoms with Crippen LogP contribution >= 0.6 is 0 Å². The molecular weight excluding hydrogens is 296 g/mol. The Kier molecular flexibility index (Phi) is 5.21. The average molecular weight is 318 g/mol. The number of carboxylic acids is 1. The number of rotatable bonds is 6. The fraction of sp³-hybridized carbons (Fsp3) is 0.846. The zero-order valence-electron chi connectivity index (χ0n) is 12.0. The van der Waals surface area contributed by atoms with Crippen LogP contribution in [0.2, 0.25) is 0 Å². The summed E-state index contributed by atoms with van der Waals surface area (Å²) >= 11 is 0. The fourth-order valence-corrected chi connectivity index (χ4v) is 4.55. The minimum Gasteiger partial charge on any atom is -0.480 e. The first kappa shape index (κ1) is 16.2. The van der Waals surface area contributed by atoms with Gasteiger partial charge in [0.2, 0.25) is 15.9 Å². The van der Waals surface area contributed by atoms with Crippen LogP contribution in [0.5, 0.6) is 0 Å². The molecule has 0 radical (unpaired) electrons. The van der Waals surface area contributed by atoms with Gasteiger partial charge in [-0.1, -0.05) is 0 Å². The molecule has 1 N–H and O–H groups in total. The van der Waals surface area contributed by atoms with Crippen LogP contribution in [0.25, 0.3) is 0 Å². The largest absolute Gasteiger partial charge is 0.480 e. The van der Waals surface area contributed by atoms with E-state index in [1.165, 1.54) is 9.21 Å². The van der Waals surface area contributed by atoms with Gasteiger partial charge in [-0.3, -0.25) is 4.79 Å². The molecule has 2 aliphatic heterocycles. The van der Waals surface area contributed by atoms with Crippen LogP contribution in [0.3, 0.4) is 0 Å². The zero-order chi connectivity index (χ0) is 15.5. The van der Waals surface area contributed by atoms with E-state index in [4.69, 9.17) is 5.11 Å². The lowest BCUT2D eigenvalue weighted by molar-refractivity contribution is -0.148. The van der Waals surface area contributed by atoms with Crippen molar-refractivity contribution in [1.29, 1.82) is 0 Å². The van der Waals surface area contributed by atoms with Crippen molar-refractivity contribution in [1.82, 2.24) is 9.21 Å². The number of carbonyl (C=O) groups excluding carboxylic acids is 1. The molecule has 0 saturated carbocycles. The maximum Gasteiger partial charge on any atom is 0.326 e. The minimum atomic E-state index is -3.26. The summed E-state index contributed by atoms with van der Waals surface area (Å²) in [6.45, 7) is 1.60. The summed E-state index contributed by atoms with van der Waals surface area (Å²) in [7, 11) is -3.26. The molecule has 2 aliphatic rings. The average Bonchev–Trinajstić information content (AvgIpc) is 3.10. The smallest absolute Gasteiger partial charge is 0.326 e. The molecule has 0 aliphatic carbocycles. The van der Waals surface area contributed by atoms with Crippen molar-refractivity contribution in [2.24, 2.45) is 0 Å². The molecule has 2 fully saturated rings. The van der Waals surface area contributed by atoms with Crippen molar-refractivity contribution in [2.75, 3.05) is 25.4 Å². The molecule has 0 aromatic heterocycles. The Hall–Kier alpha value is -1.15. The predicted octanol–water partition coefficient (Wildman–Crippen LogP) is 0.268. The quantitative estimate of drug-likeness (QED) is 0.758. The Bertz CT molecular complexity index is 499. The van der Waals surface area contributed by atoms with E-state index in [-0.39, 0.29) is 24.5 Å². The summed E-state index contributed by atoms with van der Waals surface area (Å²) in [6, 6.07) is -0.743. The Balaban J connectivity index is 1.80. The number of aliphatic carboxylic acids is 1. The monoisotopic (exact) mass is 318 g/mol. The fourth-order valence-electron chi connectivity index (χ4n) is 2.97. The van der Waals surface area contributed by atoms with Gasteiger partial charge in [0, 0.05) is 26.1 Å². The molecular formula is C13H22N2O5S. The molecule has 1 amide bonds. The molecule has 0 aromatic carbocycles. The van der Waals surface area contributed by atoms with Gasteiger partial charge in [-0.25, -0.2) is 17.5 Å². The third kappa shape index (κ3) is 3.94. The number of hydrogen-bond acceptors (Lipinski definition) is 4. The van der Waals surface area contributed by atoms with Gasteiger partial charge in [-0.15, -0.1) is 0 Å². The molecule has 8 heteroatoms. The lowest BCUT2D eigenvalue weighted by Gasteiger charge is -2.21. The maximum absolute atomic E-state index is 12.0. The van der Waals surface area contributed by atoms with Crippen LogP contribution in [0.4, 0.5) is 0 Å². The van der Waals surface area contributed by atoms with Crippen LogP contribution in [-0.4, -0.2) is 66.0 Å². The Morgan fingerprint density at radius 1 is 1.10 bits per heavy atom. The van der Waals surface area contributed by atoms with Crippen molar-refractivity contribution in [3.63, 3.8) is 0 Å². The Labute approximate surface area is 125 Å². The van der Waals surface area contributed by atoms with Gasteiger partial charge in [0.25, 0.3) is 0 Å². The zero-order valence-corrected chi connectivity index (χ0v) is 12.8. The summed E-state index contributed by atoms with van der Waals surface area (Å²) in [5.74, 6) is -1.27. The number of nitrogens with zero attached hydrogens (tertiary/aromatic N) is 2. The van der Waals surface area contributed by atoms with E-state index in [2.05, 4.69) is 0 Å². The number of hydrogen-bond donors (Lipinski definition) is 1. The van der Waals surface area contributed by atoms with E-state index in [1.807, 2.05) is 0 Å². The topological polar surface area (TPSA) is 95.0 Å². The third-order valence-corrected chi connectivity index (χ3v) is 6.07. The molecule has 1 atom stereocenters. The second-order valence-electron chi connectivity index (χ2n) is 5.61. The maximum atomic E-state index is 12.0. The summed E-state index contributed by atoms with van der Waals surface area (Å²) in [5.41, 5.74) is 0. The van der Waals surface area contributed by atoms with Gasteiger partial charge < -0.3 is 10.0 Å². The first-order valence-corrected chi connectivity index (χ1v) is 9.03. The molecule has 120 valence electrons. The molecule has 21 heavy (non-hydrogen) atoms. The van der Waals surface area contributed by atoms with Crippen molar-refractivity contribution in [2.45, 2.75) is 44.6 Å². The van der Waals surface area contributed by atoms with Gasteiger partial charge in [0.1, 0.15) is 6.04 Å². The third-order valence-electron chi connectivity index (χ3n) is 4.11. The molecule has 0 unspecified atom stereocenters. The normalized spacial score (nSPS) is 23.6. The van der Waals surface area contributed by atoms with Gasteiger partial charge in [-0.05, 0) is 32.1 Å². The lowest BCUT2D eigenvalue weighted by Crippen LogP contribution is -2.40. The SMILES string of the molecule is O=C(O)[C@H]1CCCN1C(=O)CCCS(=O)(=O)N1CCCC1. The number of amides is 1. The number of sulfonamides is 1. The van der Waals surface area contributed by atoms with Crippen molar-refractivity contribution < 1.29 is 23.1 Å². The first-order valence-electron chi connectivity index (χ1n) is 7.42. The Morgan fingerprint density at radius 2 is 1.76 bits per heavy atom. The van der Waals surface area contributed by atoms with Crippen molar-refractivity contribution in [3.05, 3.63) is 0 Å². The predicted molar refractivity (Wildman–Crippen MR) is 76.2 cm³/mol. The van der Waals surface area contributed by atoms with E-state index in [0.29, 0.717) is 32.5 Å². The van der Waals surface area contributed by atoms with Crippen LogP contribution in [0.15, 0.2) is 0 Å². The van der Waals surface area contributed by atoms with Crippen LogP contribution in [0, 0.1) is 0 Å². The summed E-state index contributed by atoms with van der Waals surface area (Å²) in [4.78, 5) is 24.4. The minimum absolute atomic E-state index is 0.0374. The first-order chi connectivity index (χ1) is 9.92. The molecule has 7 nitrogen and oxygen atoms in total. The van der Waals surface area contributed by atoms with E-state index in [9.17, 15) is 18.0 Å². The second-order valence-corrected chi connectivity index (χ2v) is 7.70. The molecule has 0 spiro atoms. The number of likely N-dealkylation sites (tertiary alicyclic amines) is 1. The van der Waals surface area contributed by atoms with Crippen LogP contribution in [0.1, 0.15) is 38.5 Å². The summed E-state index contributed by atoms with van der Waals surface area (Å²) in [6.07, 6.45) is 3.30. The molecule has 2 saturated heterocycles. The molecule has 2 rings (SSSR count). The number of carboxylic acid groups (broad SMARTS) is 1. The Morgan fingerprint density at radius 3 is 2.38 bits per heavy atom. The number of carbonyl (C=O) groups is 2. The van der Waals surface area contributed by atoms with Crippen LogP contribution < -0.4 is 0 Å². The van der Waals surface area contributed by atoms with E-state index < -0.39 is 22.0 Å². The summed E-state index contributed by atoms with van der Waals surface area (Å²) < 4.78 is 25.5. The highest BCUT2D eigenvalue weighted by molar-refractivity contribution is 7.89. The lowest BCUT2D eigenvalue weighted by atomic mass is 10.2. The van der Waals surface area contributed by atoms with E-state index in [0.717, 1.165) is 12.8 Å². The van der Waals surface area contributed by atoms with Gasteiger partial charge >= 0.3 is 5.97 Å². The highest BCUT2D eigenvalue weighted by atomic mass is 32.2.